The van der Waals surface area contributed by atoms with Gasteiger partial charge in [-0.3, -0.25) is 9.59 Å². The van der Waals surface area contributed by atoms with Crippen LogP contribution in [0.25, 0.3) is 22.0 Å². The Hall–Kier alpha value is -4.96. The maximum Gasteiger partial charge on any atom is 0.242 e. The van der Waals surface area contributed by atoms with E-state index >= 15 is 0 Å². The normalized spacial score (nSPS) is 13.6. The number of primary amides is 1. The van der Waals surface area contributed by atoms with Gasteiger partial charge in [-0.1, -0.05) is 29.8 Å². The average Bonchev–Trinajstić information content (AvgIpc) is 3.49. The Morgan fingerprint density at radius 1 is 1.02 bits per heavy atom. The lowest BCUT2D eigenvalue weighted by Gasteiger charge is -2.30. The van der Waals surface area contributed by atoms with Gasteiger partial charge in [0.15, 0.2) is 0 Å². The number of rotatable bonds is 9. The maximum atomic E-state index is 13.5. The van der Waals surface area contributed by atoms with Crippen molar-refractivity contribution in [3.8, 4) is 16.9 Å². The van der Waals surface area contributed by atoms with E-state index in [1.807, 2.05) is 47.3 Å². The molecule has 0 bridgehead atoms. The number of hydrogen-bond donors (Lipinski definition) is 2. The van der Waals surface area contributed by atoms with Crippen LogP contribution in [0.4, 0.5) is 15.9 Å². The predicted molar refractivity (Wildman–Crippen MR) is 167 cm³/mol. The molecule has 3 N–H and O–H groups in total. The average molecular weight is 613 g/mol. The van der Waals surface area contributed by atoms with Gasteiger partial charge in [-0.2, -0.15) is 0 Å². The van der Waals surface area contributed by atoms with Crippen molar-refractivity contribution in [2.45, 2.75) is 26.0 Å². The molecule has 3 heterocycles. The Bertz CT molecular complexity index is 1840. The zero-order chi connectivity index (χ0) is 30.6. The van der Waals surface area contributed by atoms with E-state index in [1.54, 1.807) is 29.2 Å². The van der Waals surface area contributed by atoms with Crippen molar-refractivity contribution in [2.24, 2.45) is 11.7 Å². The molecule has 2 aromatic heterocycles. The third-order valence-corrected chi connectivity index (χ3v) is 8.06. The number of hydrogen-bond acceptors (Lipinski definition) is 6. The van der Waals surface area contributed by atoms with Crippen molar-refractivity contribution in [1.29, 1.82) is 0 Å². The Morgan fingerprint density at radius 3 is 2.64 bits per heavy atom. The predicted octanol–water partition coefficient (Wildman–Crippen LogP) is 5.94. The number of fused-ring (bicyclic) bond motifs is 1. The van der Waals surface area contributed by atoms with Crippen LogP contribution in [0.15, 0.2) is 85.5 Å². The van der Waals surface area contributed by atoms with Crippen LogP contribution in [0.2, 0.25) is 5.02 Å². The highest BCUT2D eigenvalue weighted by Crippen LogP contribution is 2.32. The number of carbonyl (C=O) groups excluding carboxylic acids is 2. The van der Waals surface area contributed by atoms with Crippen LogP contribution in [0, 0.1) is 11.7 Å². The van der Waals surface area contributed by atoms with Gasteiger partial charge in [0.2, 0.25) is 11.8 Å². The number of halogens is 2. The number of carbonyl (C=O) groups is 2. The summed E-state index contributed by atoms with van der Waals surface area (Å²) < 4.78 is 21.1. The van der Waals surface area contributed by atoms with E-state index in [0.717, 1.165) is 22.0 Å². The van der Waals surface area contributed by atoms with Gasteiger partial charge in [-0.25, -0.2) is 14.4 Å². The molecule has 9 nitrogen and oxygen atoms in total. The SMILES string of the molecule is NC(=O)C1CCN(C(=O)Cn2ccc(-c3ccc4ncnc(Nc5ccc(OCc6cccc(F)c6)c(Cl)c5)c4c3)c2)CC1. The second-order valence-corrected chi connectivity index (χ2v) is 11.2. The number of amides is 2. The van der Waals surface area contributed by atoms with Crippen molar-refractivity contribution < 1.29 is 18.7 Å². The molecule has 1 aliphatic heterocycles. The molecular weight excluding hydrogens is 583 g/mol. The number of likely N-dealkylation sites (tertiary alicyclic amines) is 1. The molecule has 2 amide bonds. The van der Waals surface area contributed by atoms with Crippen molar-refractivity contribution in [3.05, 3.63) is 102 Å². The summed E-state index contributed by atoms with van der Waals surface area (Å²) in [4.78, 5) is 35.0. The third-order valence-electron chi connectivity index (χ3n) is 7.76. The summed E-state index contributed by atoms with van der Waals surface area (Å²) in [5.41, 5.74) is 9.49. The summed E-state index contributed by atoms with van der Waals surface area (Å²) in [6.45, 7) is 1.48. The van der Waals surface area contributed by atoms with Crippen LogP contribution in [0.3, 0.4) is 0 Å². The van der Waals surface area contributed by atoms with Crippen molar-refractivity contribution in [1.82, 2.24) is 19.4 Å². The summed E-state index contributed by atoms with van der Waals surface area (Å²) in [7, 11) is 0. The van der Waals surface area contributed by atoms with E-state index in [2.05, 4.69) is 15.3 Å². The second-order valence-electron chi connectivity index (χ2n) is 10.8. The minimum Gasteiger partial charge on any atom is -0.487 e. The van der Waals surface area contributed by atoms with Crippen molar-refractivity contribution in [2.75, 3.05) is 18.4 Å². The van der Waals surface area contributed by atoms with Gasteiger partial charge in [0, 0.05) is 42.5 Å². The molecule has 1 fully saturated rings. The lowest BCUT2D eigenvalue weighted by atomic mass is 9.96. The topological polar surface area (TPSA) is 115 Å². The van der Waals surface area contributed by atoms with Crippen LogP contribution in [0.5, 0.6) is 5.75 Å². The minimum absolute atomic E-state index is 0.0116. The van der Waals surface area contributed by atoms with Crippen LogP contribution in [0.1, 0.15) is 18.4 Å². The summed E-state index contributed by atoms with van der Waals surface area (Å²) in [5, 5.41) is 4.54. The van der Waals surface area contributed by atoms with E-state index in [1.165, 1.54) is 18.5 Å². The fourth-order valence-electron chi connectivity index (χ4n) is 5.34. The van der Waals surface area contributed by atoms with Gasteiger partial charge in [0.25, 0.3) is 0 Å². The highest BCUT2D eigenvalue weighted by atomic mass is 35.5. The Morgan fingerprint density at radius 2 is 1.86 bits per heavy atom. The van der Waals surface area contributed by atoms with Crippen molar-refractivity contribution >= 4 is 45.8 Å². The number of nitrogens with two attached hydrogens (primary N) is 1. The molecule has 6 rings (SSSR count). The van der Waals surface area contributed by atoms with Gasteiger partial charge in [0.1, 0.15) is 36.9 Å². The first kappa shape index (κ1) is 29.1. The quantitative estimate of drug-likeness (QED) is 0.213. The second kappa shape index (κ2) is 12.7. The van der Waals surface area contributed by atoms with Gasteiger partial charge in [0.05, 0.1) is 10.5 Å². The Labute approximate surface area is 258 Å². The standard InChI is InChI=1S/C33H30ClFN6O3/c34-28-16-26(5-7-30(28)44-19-21-2-1-3-25(35)14-21)39-33-27-15-23(4-6-29(27)37-20-38-33)24-8-11-40(17-24)18-31(42)41-12-9-22(10-13-41)32(36)43/h1-8,11,14-17,20,22H,9-10,12-13,18-19H2,(H2,36,43)(H,37,38,39). The molecular formula is C33H30ClFN6O3. The fourth-order valence-corrected chi connectivity index (χ4v) is 5.57. The van der Waals surface area contributed by atoms with E-state index in [-0.39, 0.29) is 36.7 Å². The molecule has 11 heteroatoms. The van der Waals surface area contributed by atoms with E-state index < -0.39 is 0 Å². The fraction of sp³-hybridized carbons (Fsp3) is 0.212. The van der Waals surface area contributed by atoms with E-state index in [0.29, 0.717) is 53.8 Å². The number of nitrogens with zero attached hydrogens (tertiary/aromatic N) is 4. The van der Waals surface area contributed by atoms with Crippen LogP contribution >= 0.6 is 11.6 Å². The first-order chi connectivity index (χ1) is 21.3. The number of benzene rings is 3. The molecule has 0 saturated carbocycles. The zero-order valence-corrected chi connectivity index (χ0v) is 24.5. The first-order valence-electron chi connectivity index (χ1n) is 14.2. The Balaban J connectivity index is 1.14. The molecule has 1 saturated heterocycles. The smallest absolute Gasteiger partial charge is 0.242 e. The lowest BCUT2D eigenvalue weighted by molar-refractivity contribution is -0.135. The van der Waals surface area contributed by atoms with Gasteiger partial charge in [-0.15, -0.1) is 0 Å². The van der Waals surface area contributed by atoms with Gasteiger partial charge in [-0.05, 0) is 78.1 Å². The first-order valence-corrected chi connectivity index (χ1v) is 14.6. The van der Waals surface area contributed by atoms with E-state index in [9.17, 15) is 14.0 Å². The van der Waals surface area contributed by atoms with Crippen molar-refractivity contribution in [3.63, 3.8) is 0 Å². The van der Waals surface area contributed by atoms with Crippen LogP contribution < -0.4 is 15.8 Å². The molecule has 0 unspecified atom stereocenters. The highest BCUT2D eigenvalue weighted by molar-refractivity contribution is 6.32. The zero-order valence-electron chi connectivity index (χ0n) is 23.7. The Kier molecular flexibility index (Phi) is 8.42. The molecule has 0 atom stereocenters. The summed E-state index contributed by atoms with van der Waals surface area (Å²) in [6, 6.07) is 19.4. The number of piperidine rings is 1. The molecule has 3 aromatic carbocycles. The largest absolute Gasteiger partial charge is 0.487 e. The molecule has 0 aliphatic carbocycles. The molecule has 224 valence electrons. The minimum atomic E-state index is -0.320. The third kappa shape index (κ3) is 6.65. The molecule has 0 radical (unpaired) electrons. The number of ether oxygens (including phenoxy) is 1. The molecule has 5 aromatic rings. The highest BCUT2D eigenvalue weighted by Gasteiger charge is 2.25. The number of nitrogens with one attached hydrogen (secondary N) is 1. The van der Waals surface area contributed by atoms with Crippen LogP contribution in [-0.4, -0.2) is 44.3 Å². The summed E-state index contributed by atoms with van der Waals surface area (Å²) in [6.07, 6.45) is 6.53. The summed E-state index contributed by atoms with van der Waals surface area (Å²) >= 11 is 6.50. The molecule has 1 aliphatic rings. The number of aromatic nitrogens is 3. The monoisotopic (exact) mass is 612 g/mol. The maximum absolute atomic E-state index is 13.5. The number of anilines is 2. The van der Waals surface area contributed by atoms with Gasteiger partial charge < -0.3 is 25.3 Å². The van der Waals surface area contributed by atoms with Gasteiger partial charge >= 0.3 is 0 Å². The molecule has 44 heavy (non-hydrogen) atoms. The summed E-state index contributed by atoms with van der Waals surface area (Å²) in [5.74, 6) is 0.329. The van der Waals surface area contributed by atoms with Crippen LogP contribution in [-0.2, 0) is 22.7 Å². The molecule has 0 spiro atoms. The lowest BCUT2D eigenvalue weighted by Crippen LogP contribution is -2.42. The van der Waals surface area contributed by atoms with E-state index in [4.69, 9.17) is 22.1 Å².